The molecule has 3 saturated heterocycles. The molecule has 0 radical (unpaired) electrons. The first-order valence-corrected chi connectivity index (χ1v) is 16.0. The first kappa shape index (κ1) is 27.7. The Morgan fingerprint density at radius 2 is 1.93 bits per heavy atom. The Balaban J connectivity index is 1.15. The summed E-state index contributed by atoms with van der Waals surface area (Å²) in [5.41, 5.74) is 7.92. The molecular formula is C33H45N7O2. The third kappa shape index (κ3) is 5.37. The van der Waals surface area contributed by atoms with Gasteiger partial charge in [-0.15, -0.1) is 0 Å². The lowest BCUT2D eigenvalue weighted by molar-refractivity contribution is -0.131. The number of fused-ring (bicyclic) bond motifs is 2. The van der Waals surface area contributed by atoms with Crippen LogP contribution in [0.4, 0.5) is 11.5 Å². The summed E-state index contributed by atoms with van der Waals surface area (Å²) in [6.45, 7) is 8.28. The van der Waals surface area contributed by atoms with Crippen LogP contribution in [-0.2, 0) is 24.2 Å². The number of anilines is 2. The van der Waals surface area contributed by atoms with E-state index in [1.807, 2.05) is 11.9 Å². The molecule has 42 heavy (non-hydrogen) atoms. The average Bonchev–Trinajstić information content (AvgIpc) is 3.79. The number of carbonyl (C=O) groups is 1. The fourth-order valence-corrected chi connectivity index (χ4v) is 7.47. The van der Waals surface area contributed by atoms with E-state index in [0.29, 0.717) is 18.7 Å². The van der Waals surface area contributed by atoms with Gasteiger partial charge in [-0.25, -0.2) is 0 Å². The van der Waals surface area contributed by atoms with Gasteiger partial charge in [0.1, 0.15) is 12.4 Å². The van der Waals surface area contributed by atoms with Gasteiger partial charge < -0.3 is 29.7 Å². The normalized spacial score (nSPS) is 24.2. The van der Waals surface area contributed by atoms with Crippen molar-refractivity contribution in [3.05, 3.63) is 46.7 Å². The van der Waals surface area contributed by atoms with Gasteiger partial charge in [-0.3, -0.25) is 4.79 Å². The van der Waals surface area contributed by atoms with Crippen molar-refractivity contribution >= 4 is 23.0 Å². The molecule has 9 nitrogen and oxygen atoms in total. The predicted octanol–water partition coefficient (Wildman–Crippen LogP) is 3.26. The quantitative estimate of drug-likeness (QED) is 0.507. The molecule has 5 aliphatic rings. The Labute approximate surface area is 249 Å². The van der Waals surface area contributed by atoms with E-state index in [0.717, 1.165) is 89.3 Å². The lowest BCUT2D eigenvalue weighted by atomic mass is 9.89. The molecule has 2 aromatic rings. The number of piperidine rings is 1. The summed E-state index contributed by atoms with van der Waals surface area (Å²) in [6.07, 6.45) is 9.79. The van der Waals surface area contributed by atoms with E-state index in [9.17, 15) is 4.79 Å². The van der Waals surface area contributed by atoms with E-state index < -0.39 is 0 Å². The van der Waals surface area contributed by atoms with Crippen molar-refractivity contribution in [1.29, 1.82) is 0 Å². The molecule has 4 aliphatic heterocycles. The second-order valence-corrected chi connectivity index (χ2v) is 12.9. The van der Waals surface area contributed by atoms with E-state index >= 15 is 0 Å². The largest absolute Gasteiger partial charge is 0.462 e. The highest BCUT2D eigenvalue weighted by atomic mass is 16.5. The maximum atomic E-state index is 12.7. The molecule has 2 atom stereocenters. The molecule has 7 rings (SSSR count). The zero-order valence-electron chi connectivity index (χ0n) is 25.4. The minimum atomic E-state index is 0.0259. The average molecular weight is 572 g/mol. The number of benzene rings is 1. The number of carbonyl (C=O) groups excluding carboxylic acids is 1. The van der Waals surface area contributed by atoms with Crippen molar-refractivity contribution in [3.8, 4) is 6.01 Å². The molecule has 1 unspecified atom stereocenters. The fraction of sp³-hybridized carbons (Fsp3) is 0.606. The topological polar surface area (TPSA) is 87.0 Å². The SMILES string of the molecule is CC1=CCCc2cccc(N3CCc4c(nc(OC[C@@H]5CCCN5C)nc4N4CCC(N(C)C(=O)C5CN5)CC4)C3)c21. The second-order valence-electron chi connectivity index (χ2n) is 12.9. The summed E-state index contributed by atoms with van der Waals surface area (Å²) >= 11 is 0. The number of amides is 1. The van der Waals surface area contributed by atoms with Gasteiger partial charge >= 0.3 is 6.01 Å². The molecule has 0 saturated carbocycles. The van der Waals surface area contributed by atoms with Crippen molar-refractivity contribution < 1.29 is 9.53 Å². The number of hydrogen-bond acceptors (Lipinski definition) is 8. The number of likely N-dealkylation sites (tertiary alicyclic amines) is 1. The standard InChI is InChI=1S/C33H45N7O2/c1-22-7-4-8-23-9-5-11-29(30(22)23)40-18-14-26-28(20-40)35-33(42-21-25-10-6-15-37(25)2)36-31(26)39-16-12-24(13-17-39)38(3)32(41)27-19-34-27/h5,7,9,11,24-25,27,34H,4,6,8,10,12-21H2,1-3H3/t25-,27?/m0/s1. The summed E-state index contributed by atoms with van der Waals surface area (Å²) in [6, 6.07) is 8.00. The molecular weight excluding hydrogens is 526 g/mol. The molecule has 1 aromatic carbocycles. The monoisotopic (exact) mass is 571 g/mol. The Kier molecular flexibility index (Phi) is 7.56. The van der Waals surface area contributed by atoms with E-state index in [2.05, 4.69) is 58.3 Å². The summed E-state index contributed by atoms with van der Waals surface area (Å²) in [7, 11) is 4.15. The van der Waals surface area contributed by atoms with E-state index in [-0.39, 0.29) is 18.0 Å². The third-order valence-electron chi connectivity index (χ3n) is 10.2. The van der Waals surface area contributed by atoms with Crippen LogP contribution in [0.3, 0.4) is 0 Å². The highest BCUT2D eigenvalue weighted by molar-refractivity contribution is 5.84. The second kappa shape index (κ2) is 11.5. The number of ether oxygens (including phenoxy) is 1. The summed E-state index contributed by atoms with van der Waals surface area (Å²) in [4.78, 5) is 32.1. The number of allylic oxidation sites excluding steroid dienone is 2. The van der Waals surface area contributed by atoms with Crippen LogP contribution in [-0.4, -0.2) is 97.2 Å². The Bertz CT molecular complexity index is 1360. The van der Waals surface area contributed by atoms with Crippen LogP contribution in [0.5, 0.6) is 6.01 Å². The van der Waals surface area contributed by atoms with E-state index in [1.165, 1.54) is 34.4 Å². The van der Waals surface area contributed by atoms with E-state index in [1.54, 1.807) is 0 Å². The first-order chi connectivity index (χ1) is 20.5. The molecule has 0 spiro atoms. The highest BCUT2D eigenvalue weighted by Gasteiger charge is 2.36. The van der Waals surface area contributed by atoms with Crippen LogP contribution < -0.4 is 19.9 Å². The van der Waals surface area contributed by atoms with E-state index in [4.69, 9.17) is 14.7 Å². The number of aromatic nitrogens is 2. The van der Waals surface area contributed by atoms with Gasteiger partial charge in [-0.1, -0.05) is 18.2 Å². The molecule has 1 amide bonds. The highest BCUT2D eigenvalue weighted by Crippen LogP contribution is 2.38. The number of likely N-dealkylation sites (N-methyl/N-ethyl adjacent to an activating group) is 2. The Morgan fingerprint density at radius 1 is 1.10 bits per heavy atom. The number of rotatable bonds is 7. The Morgan fingerprint density at radius 3 is 2.69 bits per heavy atom. The fourth-order valence-electron chi connectivity index (χ4n) is 7.47. The molecule has 3 fully saturated rings. The molecule has 1 aromatic heterocycles. The molecule has 0 bridgehead atoms. The smallest absolute Gasteiger partial charge is 0.318 e. The number of nitrogens with zero attached hydrogens (tertiary/aromatic N) is 6. The lowest BCUT2D eigenvalue weighted by Gasteiger charge is -2.39. The summed E-state index contributed by atoms with van der Waals surface area (Å²) in [5.74, 6) is 1.27. The number of hydrogen-bond donors (Lipinski definition) is 1. The predicted molar refractivity (Wildman–Crippen MR) is 166 cm³/mol. The molecule has 5 heterocycles. The molecule has 9 heteroatoms. The van der Waals surface area contributed by atoms with Gasteiger partial charge in [-0.2, -0.15) is 9.97 Å². The van der Waals surface area contributed by atoms with Crippen LogP contribution in [0.25, 0.3) is 5.57 Å². The van der Waals surface area contributed by atoms with Gasteiger partial charge in [0.15, 0.2) is 0 Å². The molecule has 1 aliphatic carbocycles. The van der Waals surface area contributed by atoms with Crippen molar-refractivity contribution in [2.75, 3.05) is 63.2 Å². The molecule has 1 N–H and O–H groups in total. The van der Waals surface area contributed by atoms with Crippen molar-refractivity contribution in [3.63, 3.8) is 0 Å². The maximum Gasteiger partial charge on any atom is 0.318 e. The minimum Gasteiger partial charge on any atom is -0.462 e. The van der Waals surface area contributed by atoms with Crippen LogP contribution >= 0.6 is 0 Å². The van der Waals surface area contributed by atoms with Gasteiger partial charge in [0.25, 0.3) is 0 Å². The van der Waals surface area contributed by atoms with Crippen LogP contribution in [0.1, 0.15) is 61.4 Å². The van der Waals surface area contributed by atoms with Gasteiger partial charge in [-0.05, 0) is 82.7 Å². The summed E-state index contributed by atoms with van der Waals surface area (Å²) in [5, 5.41) is 3.16. The number of nitrogens with one attached hydrogen (secondary N) is 1. The maximum absolute atomic E-state index is 12.7. The van der Waals surface area contributed by atoms with Crippen LogP contribution in [0, 0.1) is 0 Å². The van der Waals surface area contributed by atoms with Crippen molar-refractivity contribution in [1.82, 2.24) is 25.1 Å². The van der Waals surface area contributed by atoms with Crippen molar-refractivity contribution in [2.45, 2.75) is 76.5 Å². The number of aryl methyl sites for hydroxylation is 1. The van der Waals surface area contributed by atoms with Gasteiger partial charge in [0.05, 0.1) is 18.3 Å². The zero-order valence-corrected chi connectivity index (χ0v) is 25.4. The van der Waals surface area contributed by atoms with Gasteiger partial charge in [0.2, 0.25) is 5.91 Å². The first-order valence-electron chi connectivity index (χ1n) is 16.0. The van der Waals surface area contributed by atoms with Crippen LogP contribution in [0.2, 0.25) is 0 Å². The van der Waals surface area contributed by atoms with Gasteiger partial charge in [0, 0.05) is 62.1 Å². The summed E-state index contributed by atoms with van der Waals surface area (Å²) < 4.78 is 6.35. The minimum absolute atomic E-state index is 0.0259. The van der Waals surface area contributed by atoms with Crippen LogP contribution in [0.15, 0.2) is 24.3 Å². The molecule has 224 valence electrons. The Hall–Kier alpha value is -3.17. The van der Waals surface area contributed by atoms with Crippen molar-refractivity contribution in [2.24, 2.45) is 0 Å². The lowest BCUT2D eigenvalue weighted by Crippen LogP contribution is -2.47. The zero-order chi connectivity index (χ0) is 28.8. The third-order valence-corrected chi connectivity index (χ3v) is 10.2.